The Morgan fingerprint density at radius 2 is 1.55 bits per heavy atom. The minimum Gasteiger partial charge on any atom is -0.312 e. The van der Waals surface area contributed by atoms with Gasteiger partial charge in [-0.25, -0.2) is 4.57 Å². The summed E-state index contributed by atoms with van der Waals surface area (Å²) < 4.78 is 20.0. The first kappa shape index (κ1) is 22.2. The molecule has 2 aromatic carbocycles. The van der Waals surface area contributed by atoms with Crippen LogP contribution in [0.4, 0.5) is 0 Å². The molecular weight excluding hydrogens is 383 g/mol. The lowest BCUT2D eigenvalue weighted by Crippen LogP contribution is -2.51. The van der Waals surface area contributed by atoms with Crippen LogP contribution in [0.25, 0.3) is 0 Å². The van der Waals surface area contributed by atoms with Gasteiger partial charge in [-0.1, -0.05) is 73.5 Å². The SMILES string of the molecule is COP(=O)(O)N([C@@H](C)c1ccccc1)[C@H]1CCCC[C@@H]1N[C@@H](C)c1ccccc1. The van der Waals surface area contributed by atoms with Gasteiger partial charge in [-0.05, 0) is 37.8 Å². The van der Waals surface area contributed by atoms with Crippen LogP contribution in [-0.2, 0) is 9.09 Å². The zero-order valence-electron chi connectivity index (χ0n) is 17.6. The Labute approximate surface area is 174 Å². The Hall–Kier alpha value is -1.49. The van der Waals surface area contributed by atoms with Crippen LogP contribution >= 0.6 is 7.75 Å². The number of hydrogen-bond donors (Lipinski definition) is 2. The van der Waals surface area contributed by atoms with Gasteiger partial charge in [0, 0.05) is 31.3 Å². The standard InChI is InChI=1S/C23H33N2O3P/c1-18(20-12-6-4-7-13-20)24-22-16-10-11-17-23(22)25(29(26,27)28-3)19(2)21-14-8-5-9-15-21/h4-9,12-15,18-19,22-24H,10-11,16-17H2,1-3H3,(H,26,27)/t18-,19-,22-,23-/m0/s1. The van der Waals surface area contributed by atoms with Gasteiger partial charge in [-0.2, -0.15) is 4.67 Å². The van der Waals surface area contributed by atoms with Crippen molar-refractivity contribution < 1.29 is 14.0 Å². The van der Waals surface area contributed by atoms with Crippen LogP contribution in [-0.4, -0.2) is 28.8 Å². The van der Waals surface area contributed by atoms with Gasteiger partial charge < -0.3 is 14.7 Å². The predicted molar refractivity (Wildman–Crippen MR) is 118 cm³/mol. The summed E-state index contributed by atoms with van der Waals surface area (Å²) >= 11 is 0. The largest absolute Gasteiger partial charge is 0.406 e. The molecule has 158 valence electrons. The van der Waals surface area contributed by atoms with Gasteiger partial charge in [0.25, 0.3) is 0 Å². The van der Waals surface area contributed by atoms with Gasteiger partial charge in [0.2, 0.25) is 0 Å². The van der Waals surface area contributed by atoms with Crippen LogP contribution < -0.4 is 5.32 Å². The highest BCUT2D eigenvalue weighted by atomic mass is 31.2. The van der Waals surface area contributed by atoms with Crippen molar-refractivity contribution in [3.05, 3.63) is 71.8 Å². The van der Waals surface area contributed by atoms with Crippen LogP contribution in [0.1, 0.15) is 62.7 Å². The van der Waals surface area contributed by atoms with Crippen molar-refractivity contribution in [2.24, 2.45) is 0 Å². The lowest BCUT2D eigenvalue weighted by atomic mass is 9.88. The smallest absolute Gasteiger partial charge is 0.312 e. The molecule has 0 amide bonds. The first-order valence-electron chi connectivity index (χ1n) is 10.5. The second kappa shape index (κ2) is 10.0. The van der Waals surface area contributed by atoms with Gasteiger partial charge >= 0.3 is 7.75 Å². The molecule has 1 aliphatic carbocycles. The molecule has 0 aliphatic heterocycles. The molecule has 0 heterocycles. The molecule has 1 fully saturated rings. The number of benzene rings is 2. The maximum atomic E-state index is 13.1. The van der Waals surface area contributed by atoms with Crippen molar-refractivity contribution in [2.75, 3.05) is 7.11 Å². The maximum absolute atomic E-state index is 13.1. The van der Waals surface area contributed by atoms with E-state index < -0.39 is 7.75 Å². The molecule has 6 heteroatoms. The Balaban J connectivity index is 1.88. The van der Waals surface area contributed by atoms with Crippen molar-refractivity contribution in [3.63, 3.8) is 0 Å². The van der Waals surface area contributed by atoms with Crippen molar-refractivity contribution in [1.29, 1.82) is 0 Å². The molecule has 2 N–H and O–H groups in total. The Morgan fingerprint density at radius 3 is 2.14 bits per heavy atom. The van der Waals surface area contributed by atoms with Gasteiger partial charge in [-0.3, -0.25) is 0 Å². The van der Waals surface area contributed by atoms with Crippen LogP contribution in [0.5, 0.6) is 0 Å². The van der Waals surface area contributed by atoms with Crippen LogP contribution in [0.3, 0.4) is 0 Å². The third-order valence-electron chi connectivity index (χ3n) is 6.04. The number of nitrogens with zero attached hydrogens (tertiary/aromatic N) is 1. The van der Waals surface area contributed by atoms with E-state index in [1.54, 1.807) is 4.67 Å². The zero-order chi connectivity index (χ0) is 20.9. The summed E-state index contributed by atoms with van der Waals surface area (Å²) in [6.45, 7) is 4.14. The second-order valence-corrected chi connectivity index (χ2v) is 9.71. The summed E-state index contributed by atoms with van der Waals surface area (Å²) in [5.41, 5.74) is 2.23. The average Bonchev–Trinajstić information content (AvgIpc) is 2.76. The van der Waals surface area contributed by atoms with Crippen molar-refractivity contribution >= 4 is 7.75 Å². The fourth-order valence-corrected chi connectivity index (χ4v) is 5.86. The third-order valence-corrected chi connectivity index (χ3v) is 7.74. The molecule has 5 atom stereocenters. The number of hydrogen-bond acceptors (Lipinski definition) is 3. The number of rotatable bonds is 8. The maximum Gasteiger partial charge on any atom is 0.406 e. The zero-order valence-corrected chi connectivity index (χ0v) is 18.5. The molecule has 3 rings (SSSR count). The van der Waals surface area contributed by atoms with Crippen molar-refractivity contribution in [3.8, 4) is 0 Å². The summed E-state index contributed by atoms with van der Waals surface area (Å²) in [6.07, 6.45) is 4.00. The van der Waals surface area contributed by atoms with E-state index in [0.29, 0.717) is 0 Å². The predicted octanol–water partition coefficient (Wildman–Crippen LogP) is 5.46. The summed E-state index contributed by atoms with van der Waals surface area (Å²) in [5.74, 6) is 0. The monoisotopic (exact) mass is 416 g/mol. The Morgan fingerprint density at radius 1 is 1.00 bits per heavy atom. The molecule has 2 aromatic rings. The molecule has 1 saturated carbocycles. The topological polar surface area (TPSA) is 61.8 Å². The van der Waals surface area contributed by atoms with E-state index >= 15 is 0 Å². The highest BCUT2D eigenvalue weighted by molar-refractivity contribution is 7.50. The molecular formula is C23H33N2O3P. The molecule has 1 aliphatic rings. The van der Waals surface area contributed by atoms with Crippen molar-refractivity contribution in [2.45, 2.75) is 63.7 Å². The molecule has 5 nitrogen and oxygen atoms in total. The second-order valence-electron chi connectivity index (χ2n) is 7.90. The van der Waals surface area contributed by atoms with Crippen molar-refractivity contribution in [1.82, 2.24) is 9.99 Å². The van der Waals surface area contributed by atoms with E-state index in [0.717, 1.165) is 31.2 Å². The Kier molecular flexibility index (Phi) is 7.66. The van der Waals surface area contributed by atoms with E-state index in [-0.39, 0.29) is 24.2 Å². The minimum atomic E-state index is -3.93. The Bertz CT molecular complexity index is 802. The summed E-state index contributed by atoms with van der Waals surface area (Å²) in [4.78, 5) is 10.8. The van der Waals surface area contributed by atoms with E-state index in [4.69, 9.17) is 4.52 Å². The molecule has 1 unspecified atom stereocenters. The molecule has 0 saturated heterocycles. The molecule has 0 spiro atoms. The molecule has 0 aromatic heterocycles. The van der Waals surface area contributed by atoms with Crippen LogP contribution in [0.15, 0.2) is 60.7 Å². The minimum absolute atomic E-state index is 0.0825. The highest BCUT2D eigenvalue weighted by Gasteiger charge is 2.43. The lowest BCUT2D eigenvalue weighted by molar-refractivity contribution is 0.116. The fourth-order valence-electron chi connectivity index (χ4n) is 4.45. The molecule has 0 radical (unpaired) electrons. The van der Waals surface area contributed by atoms with E-state index in [9.17, 15) is 9.46 Å². The highest BCUT2D eigenvalue weighted by Crippen LogP contribution is 2.54. The summed E-state index contributed by atoms with van der Waals surface area (Å²) in [5, 5.41) is 3.74. The van der Waals surface area contributed by atoms with E-state index in [1.807, 2.05) is 55.5 Å². The summed E-state index contributed by atoms with van der Waals surface area (Å²) in [7, 11) is -2.61. The van der Waals surface area contributed by atoms with Crippen LogP contribution in [0, 0.1) is 0 Å². The summed E-state index contributed by atoms with van der Waals surface area (Å²) in [6, 6.07) is 20.2. The fraction of sp³-hybridized carbons (Fsp3) is 0.478. The van der Waals surface area contributed by atoms with E-state index in [1.165, 1.54) is 12.7 Å². The van der Waals surface area contributed by atoms with E-state index in [2.05, 4.69) is 24.4 Å². The molecule has 29 heavy (non-hydrogen) atoms. The first-order chi connectivity index (χ1) is 13.9. The molecule has 0 bridgehead atoms. The quantitative estimate of drug-likeness (QED) is 0.560. The van der Waals surface area contributed by atoms with Gasteiger partial charge in [-0.15, -0.1) is 0 Å². The van der Waals surface area contributed by atoms with Gasteiger partial charge in [0.15, 0.2) is 0 Å². The van der Waals surface area contributed by atoms with Crippen LogP contribution in [0.2, 0.25) is 0 Å². The number of nitrogens with one attached hydrogen (secondary N) is 1. The average molecular weight is 417 g/mol. The van der Waals surface area contributed by atoms with Gasteiger partial charge in [0.05, 0.1) is 0 Å². The van der Waals surface area contributed by atoms with Gasteiger partial charge in [0.1, 0.15) is 0 Å². The normalized spacial score (nSPS) is 24.0. The first-order valence-corrected chi connectivity index (χ1v) is 12.0. The lowest BCUT2D eigenvalue weighted by Gasteiger charge is -2.44. The third kappa shape index (κ3) is 5.36.